The number of rotatable bonds is 3. The number of Topliss-reactive ketones (excluding diaryl/α,β-unsaturated/α-hetero) is 1. The minimum absolute atomic E-state index is 0.0870. The van der Waals surface area contributed by atoms with Crippen molar-refractivity contribution in [2.75, 3.05) is 11.1 Å². The molecule has 0 spiro atoms. The van der Waals surface area contributed by atoms with Crippen molar-refractivity contribution in [3.8, 4) is 6.07 Å². The fourth-order valence-electron chi connectivity index (χ4n) is 3.19. The molecule has 8 heteroatoms. The van der Waals surface area contributed by atoms with E-state index < -0.39 is 10.8 Å². The summed E-state index contributed by atoms with van der Waals surface area (Å²) in [6.07, 6.45) is 0. The van der Waals surface area contributed by atoms with Crippen LogP contribution in [-0.2, 0) is 4.79 Å². The SMILES string of the molecule is CC(=O)C1=C(C)Nc2sc(C#N)c(N)c2[C@@H]1c1ccccc1[N+](=O)[O-]. The molecule has 1 aliphatic rings. The molecule has 3 N–H and O–H groups in total. The summed E-state index contributed by atoms with van der Waals surface area (Å²) in [5.74, 6) is -0.892. The Morgan fingerprint density at radius 2 is 2.12 bits per heavy atom. The van der Waals surface area contributed by atoms with Crippen molar-refractivity contribution in [1.82, 2.24) is 0 Å². The number of nitrogens with two attached hydrogens (primary N) is 1. The second kappa shape index (κ2) is 6.03. The van der Waals surface area contributed by atoms with Crippen molar-refractivity contribution >= 4 is 33.5 Å². The number of hydrogen-bond donors (Lipinski definition) is 2. The molecule has 0 saturated heterocycles. The minimum atomic E-state index is -0.686. The molecule has 3 rings (SSSR count). The predicted octanol–water partition coefficient (Wildman–Crippen LogP) is 3.53. The molecule has 0 saturated carbocycles. The molecule has 0 aliphatic carbocycles. The van der Waals surface area contributed by atoms with Crippen LogP contribution in [0.4, 0.5) is 16.4 Å². The average molecular weight is 354 g/mol. The van der Waals surface area contributed by atoms with Gasteiger partial charge in [0.25, 0.3) is 5.69 Å². The average Bonchev–Trinajstić information content (AvgIpc) is 2.88. The zero-order valence-electron chi connectivity index (χ0n) is 13.5. The topological polar surface area (TPSA) is 122 Å². The summed E-state index contributed by atoms with van der Waals surface area (Å²) < 4.78 is 0. The standard InChI is InChI=1S/C17H14N4O3S/c1-8-13(9(2)22)14(10-5-3-4-6-11(10)21(23)24)15-16(19)12(7-18)25-17(15)20-8/h3-6,14,20H,19H2,1-2H3/t14-/m1/s1. The second-order valence-corrected chi connectivity index (χ2v) is 6.69. The van der Waals surface area contributed by atoms with Gasteiger partial charge in [0.2, 0.25) is 0 Å². The van der Waals surface area contributed by atoms with Gasteiger partial charge in [0.05, 0.1) is 16.5 Å². The zero-order valence-corrected chi connectivity index (χ0v) is 14.3. The van der Waals surface area contributed by atoms with Gasteiger partial charge in [0, 0.05) is 28.5 Å². The van der Waals surface area contributed by atoms with Crippen LogP contribution in [0.1, 0.15) is 35.8 Å². The van der Waals surface area contributed by atoms with Gasteiger partial charge in [-0.25, -0.2) is 0 Å². The summed E-state index contributed by atoms with van der Waals surface area (Å²) in [7, 11) is 0. The predicted molar refractivity (Wildman–Crippen MR) is 95.4 cm³/mol. The number of anilines is 2. The molecule has 2 aromatic rings. The quantitative estimate of drug-likeness (QED) is 0.642. The Labute approximate surface area is 147 Å². The fraction of sp³-hybridized carbons (Fsp3) is 0.176. The van der Waals surface area contributed by atoms with Gasteiger partial charge in [-0.15, -0.1) is 11.3 Å². The van der Waals surface area contributed by atoms with Crippen LogP contribution in [0.3, 0.4) is 0 Å². The van der Waals surface area contributed by atoms with Gasteiger partial charge in [-0.2, -0.15) is 5.26 Å². The number of benzene rings is 1. The highest BCUT2D eigenvalue weighted by Gasteiger charge is 2.37. The Kier molecular flexibility index (Phi) is 4.02. The Morgan fingerprint density at radius 3 is 2.72 bits per heavy atom. The van der Waals surface area contributed by atoms with E-state index in [-0.39, 0.29) is 17.2 Å². The molecular weight excluding hydrogens is 340 g/mol. The zero-order chi connectivity index (χ0) is 18.3. The summed E-state index contributed by atoms with van der Waals surface area (Å²) in [5.41, 5.74) is 8.26. The van der Waals surface area contributed by atoms with E-state index in [1.165, 1.54) is 24.3 Å². The van der Waals surface area contributed by atoms with Crippen molar-refractivity contribution < 1.29 is 9.72 Å². The molecule has 0 amide bonds. The van der Waals surface area contributed by atoms with E-state index in [1.807, 2.05) is 6.07 Å². The highest BCUT2D eigenvalue weighted by molar-refractivity contribution is 7.17. The highest BCUT2D eigenvalue weighted by Crippen LogP contribution is 2.51. The first-order chi connectivity index (χ1) is 11.9. The third-order valence-corrected chi connectivity index (χ3v) is 5.23. The molecule has 0 unspecified atom stereocenters. The maximum absolute atomic E-state index is 12.3. The Morgan fingerprint density at radius 1 is 1.44 bits per heavy atom. The summed E-state index contributed by atoms with van der Waals surface area (Å²) in [6, 6.07) is 8.32. The van der Waals surface area contributed by atoms with Crippen LogP contribution in [0.2, 0.25) is 0 Å². The molecule has 1 aromatic heterocycles. The van der Waals surface area contributed by atoms with Crippen molar-refractivity contribution in [3.05, 3.63) is 61.7 Å². The summed E-state index contributed by atoms with van der Waals surface area (Å²) in [5, 5.41) is 24.5. The number of nitro benzene ring substituents is 1. The fourth-order valence-corrected chi connectivity index (χ4v) is 4.21. The monoisotopic (exact) mass is 354 g/mol. The van der Waals surface area contributed by atoms with Crippen molar-refractivity contribution in [2.24, 2.45) is 0 Å². The number of allylic oxidation sites excluding steroid dienone is 2. The third-order valence-electron chi connectivity index (χ3n) is 4.19. The molecule has 126 valence electrons. The van der Waals surface area contributed by atoms with Gasteiger partial charge in [-0.05, 0) is 13.8 Å². The lowest BCUT2D eigenvalue weighted by atomic mass is 9.80. The number of fused-ring (bicyclic) bond motifs is 1. The molecule has 7 nitrogen and oxygen atoms in total. The lowest BCUT2D eigenvalue weighted by molar-refractivity contribution is -0.385. The summed E-state index contributed by atoms with van der Waals surface area (Å²) >= 11 is 1.18. The van der Waals surface area contributed by atoms with Gasteiger partial charge in [0.1, 0.15) is 15.9 Å². The number of nitro groups is 1. The number of nitrogen functional groups attached to an aromatic ring is 1. The first-order valence-corrected chi connectivity index (χ1v) is 8.22. The molecule has 0 radical (unpaired) electrons. The lowest BCUT2D eigenvalue weighted by Gasteiger charge is -2.28. The van der Waals surface area contributed by atoms with Gasteiger partial charge < -0.3 is 11.1 Å². The highest BCUT2D eigenvalue weighted by atomic mass is 32.1. The normalized spacial score (nSPS) is 16.0. The van der Waals surface area contributed by atoms with E-state index in [1.54, 1.807) is 25.1 Å². The number of ketones is 1. The lowest BCUT2D eigenvalue weighted by Crippen LogP contribution is -2.22. The number of para-hydroxylation sites is 1. The summed E-state index contributed by atoms with van der Waals surface area (Å²) in [6.45, 7) is 3.16. The van der Waals surface area contributed by atoms with Crippen LogP contribution >= 0.6 is 11.3 Å². The maximum atomic E-state index is 12.3. The molecule has 25 heavy (non-hydrogen) atoms. The first-order valence-electron chi connectivity index (χ1n) is 7.41. The molecule has 0 bridgehead atoms. The number of nitriles is 1. The van der Waals surface area contributed by atoms with Crippen LogP contribution in [-0.4, -0.2) is 10.7 Å². The Hall–Kier alpha value is -3.18. The van der Waals surface area contributed by atoms with Crippen LogP contribution in [0.15, 0.2) is 35.5 Å². The van der Waals surface area contributed by atoms with E-state index in [2.05, 4.69) is 5.32 Å². The number of carbonyl (C=O) groups excluding carboxylic acids is 1. The second-order valence-electron chi connectivity index (χ2n) is 5.67. The molecule has 1 atom stereocenters. The molecule has 1 aliphatic heterocycles. The van der Waals surface area contributed by atoms with E-state index in [0.717, 1.165) is 0 Å². The molecular formula is C17H14N4O3S. The van der Waals surface area contributed by atoms with Gasteiger partial charge >= 0.3 is 0 Å². The van der Waals surface area contributed by atoms with Crippen molar-refractivity contribution in [1.29, 1.82) is 5.26 Å². The van der Waals surface area contributed by atoms with Crippen molar-refractivity contribution in [2.45, 2.75) is 19.8 Å². The van der Waals surface area contributed by atoms with E-state index in [9.17, 15) is 20.2 Å². The first kappa shape index (κ1) is 16.7. The van der Waals surface area contributed by atoms with Gasteiger partial charge in [-0.3, -0.25) is 14.9 Å². The van der Waals surface area contributed by atoms with Crippen LogP contribution < -0.4 is 11.1 Å². The third kappa shape index (κ3) is 2.55. The van der Waals surface area contributed by atoms with Crippen molar-refractivity contribution in [3.63, 3.8) is 0 Å². The number of thiophene rings is 1. The van der Waals surface area contributed by atoms with Gasteiger partial charge in [-0.1, -0.05) is 18.2 Å². The molecule has 0 fully saturated rings. The van der Waals surface area contributed by atoms with E-state index >= 15 is 0 Å². The Balaban J connectivity index is 2.37. The maximum Gasteiger partial charge on any atom is 0.273 e. The number of carbonyl (C=O) groups is 1. The van der Waals surface area contributed by atoms with Crippen LogP contribution in [0.25, 0.3) is 0 Å². The van der Waals surface area contributed by atoms with Crippen LogP contribution in [0.5, 0.6) is 0 Å². The number of nitrogens with zero attached hydrogens (tertiary/aromatic N) is 2. The van der Waals surface area contributed by atoms with Gasteiger partial charge in [0.15, 0.2) is 5.78 Å². The van der Waals surface area contributed by atoms with E-state index in [4.69, 9.17) is 5.73 Å². The number of hydrogen-bond acceptors (Lipinski definition) is 7. The van der Waals surface area contributed by atoms with E-state index in [0.29, 0.717) is 32.3 Å². The Bertz CT molecular complexity index is 984. The molecule has 2 heterocycles. The molecule has 1 aromatic carbocycles. The number of nitrogens with one attached hydrogen (secondary N) is 1. The van der Waals surface area contributed by atoms with Crippen LogP contribution in [0, 0.1) is 21.4 Å². The minimum Gasteiger partial charge on any atom is -0.397 e. The summed E-state index contributed by atoms with van der Waals surface area (Å²) in [4.78, 5) is 23.6. The smallest absolute Gasteiger partial charge is 0.273 e. The largest absolute Gasteiger partial charge is 0.397 e.